The highest BCUT2D eigenvalue weighted by atomic mass is 35.5. The second-order valence-electron chi connectivity index (χ2n) is 5.44. The normalized spacial score (nSPS) is 10.6. The number of hydrogen-bond acceptors (Lipinski definition) is 5. The number of nitro benzene ring substituents is 1. The Bertz CT molecular complexity index is 977. The van der Waals surface area contributed by atoms with Crippen molar-refractivity contribution in [3.05, 3.63) is 75.1 Å². The molecule has 0 atom stereocenters. The number of aromatic nitrogens is 2. The molecule has 3 aromatic rings. The lowest BCUT2D eigenvalue weighted by molar-refractivity contribution is -0.384. The Morgan fingerprint density at radius 2 is 1.96 bits per heavy atom. The average molecular weight is 357 g/mol. The minimum absolute atomic E-state index is 0.0780. The largest absolute Gasteiger partial charge is 0.336 e. The standard InChI is InChI=1S/C17H13ClN4O3/c1-21(10-11-8-12(22(24)25)6-7-13(11)18)17(23)16-9-19-14-4-2-3-5-15(14)20-16/h2-9H,10H2,1H3. The van der Waals surface area contributed by atoms with Gasteiger partial charge >= 0.3 is 0 Å². The lowest BCUT2D eigenvalue weighted by Gasteiger charge is -2.17. The maximum absolute atomic E-state index is 12.6. The summed E-state index contributed by atoms with van der Waals surface area (Å²) in [5.74, 6) is -0.346. The van der Waals surface area contributed by atoms with Crippen LogP contribution in [0.15, 0.2) is 48.7 Å². The van der Waals surface area contributed by atoms with Crippen LogP contribution in [0, 0.1) is 10.1 Å². The van der Waals surface area contributed by atoms with Crippen LogP contribution in [0.1, 0.15) is 16.1 Å². The maximum atomic E-state index is 12.6. The molecule has 7 nitrogen and oxygen atoms in total. The molecule has 0 spiro atoms. The number of carbonyl (C=O) groups is 1. The number of rotatable bonds is 4. The Labute approximate surface area is 148 Å². The number of fused-ring (bicyclic) bond motifs is 1. The molecule has 1 amide bonds. The zero-order chi connectivity index (χ0) is 18.0. The summed E-state index contributed by atoms with van der Waals surface area (Å²) in [4.78, 5) is 32.9. The second kappa shape index (κ2) is 6.82. The van der Waals surface area contributed by atoms with Crippen LogP contribution in [-0.2, 0) is 6.54 Å². The van der Waals surface area contributed by atoms with Gasteiger partial charge < -0.3 is 4.90 Å². The fraction of sp³-hybridized carbons (Fsp3) is 0.118. The molecule has 8 heteroatoms. The van der Waals surface area contributed by atoms with Crippen molar-refractivity contribution in [2.24, 2.45) is 0 Å². The predicted octanol–water partition coefficient (Wildman–Crippen LogP) is 3.46. The van der Waals surface area contributed by atoms with Crippen molar-refractivity contribution >= 4 is 34.2 Å². The van der Waals surface area contributed by atoms with E-state index in [1.54, 1.807) is 13.1 Å². The van der Waals surface area contributed by atoms with Crippen molar-refractivity contribution in [3.63, 3.8) is 0 Å². The molecule has 0 aliphatic rings. The van der Waals surface area contributed by atoms with E-state index in [1.165, 1.54) is 29.3 Å². The van der Waals surface area contributed by atoms with Crippen LogP contribution in [0.5, 0.6) is 0 Å². The first-order valence-corrected chi connectivity index (χ1v) is 7.73. The van der Waals surface area contributed by atoms with E-state index in [0.29, 0.717) is 21.6 Å². The summed E-state index contributed by atoms with van der Waals surface area (Å²) in [5, 5.41) is 11.3. The third-order valence-electron chi connectivity index (χ3n) is 3.66. The molecular weight excluding hydrogens is 344 g/mol. The Morgan fingerprint density at radius 3 is 2.68 bits per heavy atom. The number of hydrogen-bond donors (Lipinski definition) is 0. The number of carbonyl (C=O) groups excluding carboxylic acids is 1. The number of amides is 1. The lowest BCUT2D eigenvalue weighted by Crippen LogP contribution is -2.27. The molecule has 0 N–H and O–H groups in total. The Morgan fingerprint density at radius 1 is 1.24 bits per heavy atom. The number of nitro groups is 1. The van der Waals surface area contributed by atoms with E-state index in [4.69, 9.17) is 11.6 Å². The van der Waals surface area contributed by atoms with Gasteiger partial charge in [0.1, 0.15) is 5.69 Å². The molecule has 3 rings (SSSR count). The number of non-ortho nitro benzene ring substituents is 1. The first-order chi connectivity index (χ1) is 12.0. The molecule has 0 bridgehead atoms. The van der Waals surface area contributed by atoms with E-state index in [2.05, 4.69) is 9.97 Å². The zero-order valence-corrected chi connectivity index (χ0v) is 14.0. The quantitative estimate of drug-likeness (QED) is 0.527. The Hall–Kier alpha value is -3.06. The first-order valence-electron chi connectivity index (χ1n) is 7.36. The molecule has 2 aromatic carbocycles. The van der Waals surface area contributed by atoms with Crippen molar-refractivity contribution in [3.8, 4) is 0 Å². The van der Waals surface area contributed by atoms with E-state index >= 15 is 0 Å². The average Bonchev–Trinajstić information content (AvgIpc) is 2.62. The molecule has 0 aliphatic heterocycles. The minimum atomic E-state index is -0.504. The van der Waals surface area contributed by atoms with Gasteiger partial charge in [0.05, 0.1) is 22.2 Å². The van der Waals surface area contributed by atoms with Crippen molar-refractivity contribution < 1.29 is 9.72 Å². The van der Waals surface area contributed by atoms with E-state index in [0.717, 1.165) is 0 Å². The van der Waals surface area contributed by atoms with Crippen LogP contribution in [-0.4, -0.2) is 32.7 Å². The number of halogens is 1. The fourth-order valence-electron chi connectivity index (χ4n) is 2.38. The van der Waals surface area contributed by atoms with Crippen molar-refractivity contribution in [1.29, 1.82) is 0 Å². The van der Waals surface area contributed by atoms with Crippen LogP contribution >= 0.6 is 11.6 Å². The topological polar surface area (TPSA) is 89.2 Å². The maximum Gasteiger partial charge on any atom is 0.274 e. The molecule has 0 saturated carbocycles. The van der Waals surface area contributed by atoms with Gasteiger partial charge in [0, 0.05) is 30.7 Å². The van der Waals surface area contributed by atoms with Gasteiger partial charge in [-0.3, -0.25) is 19.9 Å². The molecule has 1 aromatic heterocycles. The molecule has 25 heavy (non-hydrogen) atoms. The highest BCUT2D eigenvalue weighted by Gasteiger charge is 2.17. The van der Waals surface area contributed by atoms with E-state index in [1.807, 2.05) is 18.2 Å². The van der Waals surface area contributed by atoms with Gasteiger partial charge in [0.2, 0.25) is 0 Å². The Kier molecular flexibility index (Phi) is 4.58. The fourth-order valence-corrected chi connectivity index (χ4v) is 2.56. The molecule has 0 fully saturated rings. The number of nitrogens with zero attached hydrogens (tertiary/aromatic N) is 4. The monoisotopic (exact) mass is 356 g/mol. The van der Waals surface area contributed by atoms with Gasteiger partial charge in [-0.1, -0.05) is 23.7 Å². The van der Waals surface area contributed by atoms with Crippen LogP contribution in [0.3, 0.4) is 0 Å². The van der Waals surface area contributed by atoms with Crippen molar-refractivity contribution in [2.45, 2.75) is 6.54 Å². The summed E-state index contributed by atoms with van der Waals surface area (Å²) in [6, 6.07) is 11.4. The van der Waals surface area contributed by atoms with E-state index < -0.39 is 4.92 Å². The number of para-hydroxylation sites is 2. The summed E-state index contributed by atoms with van der Waals surface area (Å²) in [6.45, 7) is 0.119. The molecule has 126 valence electrons. The highest BCUT2D eigenvalue weighted by Crippen LogP contribution is 2.23. The lowest BCUT2D eigenvalue weighted by atomic mass is 10.2. The highest BCUT2D eigenvalue weighted by molar-refractivity contribution is 6.31. The molecule has 1 heterocycles. The summed E-state index contributed by atoms with van der Waals surface area (Å²) < 4.78 is 0. The van der Waals surface area contributed by atoms with Gasteiger partial charge in [-0.05, 0) is 23.8 Å². The molecule has 0 saturated heterocycles. The molecular formula is C17H13ClN4O3. The van der Waals surface area contributed by atoms with Crippen LogP contribution < -0.4 is 0 Å². The summed E-state index contributed by atoms with van der Waals surface area (Å²) >= 11 is 6.09. The summed E-state index contributed by atoms with van der Waals surface area (Å²) in [5.41, 5.74) is 1.92. The molecule has 0 unspecified atom stereocenters. The number of benzene rings is 2. The summed E-state index contributed by atoms with van der Waals surface area (Å²) in [6.07, 6.45) is 1.41. The van der Waals surface area contributed by atoms with E-state index in [9.17, 15) is 14.9 Å². The second-order valence-corrected chi connectivity index (χ2v) is 5.85. The molecule has 0 radical (unpaired) electrons. The SMILES string of the molecule is CN(Cc1cc([N+](=O)[O-])ccc1Cl)C(=O)c1cnc2ccccc2n1. The van der Waals surface area contributed by atoms with Crippen LogP contribution in [0.2, 0.25) is 5.02 Å². The van der Waals surface area contributed by atoms with Gasteiger partial charge in [0.25, 0.3) is 11.6 Å². The van der Waals surface area contributed by atoms with Gasteiger partial charge in [-0.2, -0.15) is 0 Å². The predicted molar refractivity (Wildman–Crippen MR) is 93.4 cm³/mol. The van der Waals surface area contributed by atoms with Crippen LogP contribution in [0.4, 0.5) is 5.69 Å². The smallest absolute Gasteiger partial charge is 0.274 e. The van der Waals surface area contributed by atoms with Crippen molar-refractivity contribution in [1.82, 2.24) is 14.9 Å². The van der Waals surface area contributed by atoms with Gasteiger partial charge in [0.15, 0.2) is 0 Å². The first kappa shape index (κ1) is 16.8. The van der Waals surface area contributed by atoms with Gasteiger partial charge in [-0.15, -0.1) is 0 Å². The molecule has 0 aliphatic carbocycles. The Balaban J connectivity index is 1.84. The van der Waals surface area contributed by atoms with Gasteiger partial charge in [-0.25, -0.2) is 4.98 Å². The third kappa shape index (κ3) is 3.56. The summed E-state index contributed by atoms with van der Waals surface area (Å²) in [7, 11) is 1.58. The third-order valence-corrected chi connectivity index (χ3v) is 4.03. The zero-order valence-electron chi connectivity index (χ0n) is 13.2. The van der Waals surface area contributed by atoms with E-state index in [-0.39, 0.29) is 23.8 Å². The van der Waals surface area contributed by atoms with Crippen LogP contribution in [0.25, 0.3) is 11.0 Å². The minimum Gasteiger partial charge on any atom is -0.336 e. The van der Waals surface area contributed by atoms with Crippen molar-refractivity contribution in [2.75, 3.05) is 7.05 Å².